The van der Waals surface area contributed by atoms with Gasteiger partial charge < -0.3 is 15.7 Å². The predicted octanol–water partition coefficient (Wildman–Crippen LogP) is 4.00. The third-order valence-corrected chi connectivity index (χ3v) is 2.82. The summed E-state index contributed by atoms with van der Waals surface area (Å²) >= 11 is 5.75. The van der Waals surface area contributed by atoms with Gasteiger partial charge in [0.15, 0.2) is 0 Å². The standard InChI is InChI=1S/C14H13ClN2O2/c1-9-2-4-10(5-3-9)16-14(19)17-11-6-7-13(18)12(15)8-11/h2-8,18H,1H3,(H2,16,17,19). The molecule has 98 valence electrons. The Kier molecular flexibility index (Phi) is 3.92. The number of urea groups is 1. The monoisotopic (exact) mass is 276 g/mol. The van der Waals surface area contributed by atoms with Crippen LogP contribution in [0, 0.1) is 6.92 Å². The first kappa shape index (κ1) is 13.2. The number of carbonyl (C=O) groups is 1. The summed E-state index contributed by atoms with van der Waals surface area (Å²) in [7, 11) is 0. The lowest BCUT2D eigenvalue weighted by molar-refractivity contribution is 0.262. The van der Waals surface area contributed by atoms with Crippen molar-refractivity contribution in [2.75, 3.05) is 10.6 Å². The molecule has 5 heteroatoms. The van der Waals surface area contributed by atoms with Crippen LogP contribution in [0.1, 0.15) is 5.56 Å². The van der Waals surface area contributed by atoms with E-state index in [9.17, 15) is 9.90 Å². The molecule has 2 rings (SSSR count). The number of phenolic OH excluding ortho intramolecular Hbond substituents is 1. The highest BCUT2D eigenvalue weighted by Gasteiger charge is 2.04. The molecule has 3 N–H and O–H groups in total. The summed E-state index contributed by atoms with van der Waals surface area (Å²) in [6.07, 6.45) is 0. The number of nitrogens with one attached hydrogen (secondary N) is 2. The van der Waals surface area contributed by atoms with Gasteiger partial charge in [0, 0.05) is 11.4 Å². The van der Waals surface area contributed by atoms with Gasteiger partial charge in [-0.05, 0) is 37.3 Å². The molecular formula is C14H13ClN2O2. The van der Waals surface area contributed by atoms with E-state index in [0.29, 0.717) is 11.4 Å². The van der Waals surface area contributed by atoms with Gasteiger partial charge in [-0.2, -0.15) is 0 Å². The molecule has 0 radical (unpaired) electrons. The van der Waals surface area contributed by atoms with Crippen molar-refractivity contribution in [1.29, 1.82) is 0 Å². The lowest BCUT2D eigenvalue weighted by Crippen LogP contribution is -2.19. The summed E-state index contributed by atoms with van der Waals surface area (Å²) in [4.78, 5) is 11.7. The number of rotatable bonds is 2. The third-order valence-electron chi connectivity index (χ3n) is 2.51. The number of hydrogen-bond acceptors (Lipinski definition) is 2. The number of benzene rings is 2. The molecule has 0 bridgehead atoms. The molecule has 0 aromatic heterocycles. The van der Waals surface area contributed by atoms with Crippen LogP contribution in [-0.2, 0) is 0 Å². The summed E-state index contributed by atoms with van der Waals surface area (Å²) in [5.41, 5.74) is 2.33. The second-order valence-electron chi connectivity index (χ2n) is 4.11. The molecule has 2 aromatic rings. The number of amides is 2. The molecule has 19 heavy (non-hydrogen) atoms. The summed E-state index contributed by atoms with van der Waals surface area (Å²) < 4.78 is 0. The molecule has 2 amide bonds. The number of halogens is 1. The fourth-order valence-electron chi connectivity index (χ4n) is 1.51. The Bertz CT molecular complexity index is 597. The van der Waals surface area contributed by atoms with E-state index >= 15 is 0 Å². The maximum Gasteiger partial charge on any atom is 0.323 e. The first-order chi connectivity index (χ1) is 9.04. The van der Waals surface area contributed by atoms with E-state index in [2.05, 4.69) is 10.6 Å². The number of phenols is 1. The molecule has 2 aromatic carbocycles. The van der Waals surface area contributed by atoms with E-state index < -0.39 is 0 Å². The highest BCUT2D eigenvalue weighted by Crippen LogP contribution is 2.26. The average Bonchev–Trinajstić information content (AvgIpc) is 2.37. The second-order valence-corrected chi connectivity index (χ2v) is 4.52. The summed E-state index contributed by atoms with van der Waals surface area (Å²) in [6, 6.07) is 11.5. The number of aryl methyl sites for hydroxylation is 1. The highest BCUT2D eigenvalue weighted by atomic mass is 35.5. The lowest BCUT2D eigenvalue weighted by Gasteiger charge is -2.08. The van der Waals surface area contributed by atoms with Crippen molar-refractivity contribution in [3.8, 4) is 5.75 Å². The maximum atomic E-state index is 11.7. The van der Waals surface area contributed by atoms with Crippen molar-refractivity contribution in [3.63, 3.8) is 0 Å². The fourth-order valence-corrected chi connectivity index (χ4v) is 1.70. The number of anilines is 2. The summed E-state index contributed by atoms with van der Waals surface area (Å²) in [6.45, 7) is 1.97. The van der Waals surface area contributed by atoms with Crippen molar-refractivity contribution < 1.29 is 9.90 Å². The Morgan fingerprint density at radius 1 is 1.05 bits per heavy atom. The number of hydrogen-bond donors (Lipinski definition) is 3. The normalized spacial score (nSPS) is 10.0. The maximum absolute atomic E-state index is 11.7. The zero-order valence-corrected chi connectivity index (χ0v) is 11.0. The van der Waals surface area contributed by atoms with Gasteiger partial charge in [0.1, 0.15) is 5.75 Å². The van der Waals surface area contributed by atoms with Gasteiger partial charge >= 0.3 is 6.03 Å². The smallest absolute Gasteiger partial charge is 0.323 e. The zero-order valence-electron chi connectivity index (χ0n) is 10.3. The van der Waals surface area contributed by atoms with Crippen molar-refractivity contribution in [2.45, 2.75) is 6.92 Å². The Hall–Kier alpha value is -2.20. The summed E-state index contributed by atoms with van der Waals surface area (Å²) in [5, 5.41) is 14.8. The molecule has 0 atom stereocenters. The topological polar surface area (TPSA) is 61.4 Å². The Morgan fingerprint density at radius 2 is 1.63 bits per heavy atom. The van der Waals surface area contributed by atoms with E-state index in [4.69, 9.17) is 11.6 Å². The van der Waals surface area contributed by atoms with Crippen molar-refractivity contribution >= 4 is 29.0 Å². The number of aromatic hydroxyl groups is 1. The fraction of sp³-hybridized carbons (Fsp3) is 0.0714. The summed E-state index contributed by atoms with van der Waals surface area (Å²) in [5.74, 6) is -0.0221. The van der Waals surface area contributed by atoms with Gasteiger partial charge in [-0.25, -0.2) is 4.79 Å². The quantitative estimate of drug-likeness (QED) is 0.726. The molecule has 0 saturated heterocycles. The molecule has 0 fully saturated rings. The minimum absolute atomic E-state index is 0.0221. The van der Waals surface area contributed by atoms with Gasteiger partial charge in [-0.3, -0.25) is 0 Å². The van der Waals surface area contributed by atoms with Crippen LogP contribution in [0.4, 0.5) is 16.2 Å². The Morgan fingerprint density at radius 3 is 2.26 bits per heavy atom. The third kappa shape index (κ3) is 3.63. The SMILES string of the molecule is Cc1ccc(NC(=O)Nc2ccc(O)c(Cl)c2)cc1. The van der Waals surface area contributed by atoms with Gasteiger partial charge in [0.05, 0.1) is 5.02 Å². The van der Waals surface area contributed by atoms with Crippen molar-refractivity contribution in [3.05, 3.63) is 53.1 Å². The van der Waals surface area contributed by atoms with Crippen molar-refractivity contribution in [1.82, 2.24) is 0 Å². The Labute approximate surface area is 116 Å². The first-order valence-corrected chi connectivity index (χ1v) is 6.05. The van der Waals surface area contributed by atoms with Gasteiger partial charge in [0.2, 0.25) is 0 Å². The highest BCUT2D eigenvalue weighted by molar-refractivity contribution is 6.32. The largest absolute Gasteiger partial charge is 0.506 e. The van der Waals surface area contributed by atoms with E-state index in [0.717, 1.165) is 5.56 Å². The second kappa shape index (κ2) is 5.63. The van der Waals surface area contributed by atoms with Gasteiger partial charge in [-0.15, -0.1) is 0 Å². The average molecular weight is 277 g/mol. The van der Waals surface area contributed by atoms with Crippen LogP contribution in [-0.4, -0.2) is 11.1 Å². The van der Waals surface area contributed by atoms with Crippen LogP contribution in [0.25, 0.3) is 0 Å². The van der Waals surface area contributed by atoms with Crippen LogP contribution in [0.5, 0.6) is 5.75 Å². The first-order valence-electron chi connectivity index (χ1n) is 5.68. The molecular weight excluding hydrogens is 264 g/mol. The molecule has 0 spiro atoms. The van der Waals surface area contributed by atoms with E-state index in [1.165, 1.54) is 12.1 Å². The van der Waals surface area contributed by atoms with Gasteiger partial charge in [-0.1, -0.05) is 29.3 Å². The molecule has 0 saturated carbocycles. The zero-order chi connectivity index (χ0) is 13.8. The van der Waals surface area contributed by atoms with E-state index in [1.54, 1.807) is 6.07 Å². The van der Waals surface area contributed by atoms with Crippen molar-refractivity contribution in [2.24, 2.45) is 0 Å². The lowest BCUT2D eigenvalue weighted by atomic mass is 10.2. The predicted molar refractivity (Wildman–Crippen MR) is 76.9 cm³/mol. The molecule has 0 aliphatic carbocycles. The van der Waals surface area contributed by atoms with Crippen LogP contribution >= 0.6 is 11.6 Å². The molecule has 0 heterocycles. The van der Waals surface area contributed by atoms with E-state index in [1.807, 2.05) is 31.2 Å². The molecule has 0 unspecified atom stereocenters. The molecule has 0 aliphatic rings. The molecule has 4 nitrogen and oxygen atoms in total. The minimum atomic E-state index is -0.370. The minimum Gasteiger partial charge on any atom is -0.506 e. The Balaban J connectivity index is 2.01. The van der Waals surface area contributed by atoms with Crippen LogP contribution in [0.2, 0.25) is 5.02 Å². The van der Waals surface area contributed by atoms with E-state index in [-0.39, 0.29) is 16.8 Å². The van der Waals surface area contributed by atoms with Crippen LogP contribution in [0.3, 0.4) is 0 Å². The van der Waals surface area contributed by atoms with Crippen LogP contribution < -0.4 is 10.6 Å². The number of carbonyl (C=O) groups excluding carboxylic acids is 1. The van der Waals surface area contributed by atoms with Gasteiger partial charge in [0.25, 0.3) is 0 Å². The molecule has 0 aliphatic heterocycles. The van der Waals surface area contributed by atoms with Crippen LogP contribution in [0.15, 0.2) is 42.5 Å².